The average molecular weight is 586 g/mol. The number of aliphatic hydroxyl groups excluding tert-OH is 1. The maximum atomic E-state index is 13.0. The maximum absolute atomic E-state index is 13.0. The zero-order valence-corrected chi connectivity index (χ0v) is 26.3. The third-order valence-electron chi connectivity index (χ3n) is 8.69. The molecule has 0 saturated carbocycles. The maximum Gasteiger partial charge on any atom is 0.323 e. The highest BCUT2D eigenvalue weighted by Crippen LogP contribution is 2.49. The van der Waals surface area contributed by atoms with E-state index in [9.17, 15) is 9.90 Å². The van der Waals surface area contributed by atoms with E-state index >= 15 is 0 Å². The molecule has 4 rings (SSSR count). The van der Waals surface area contributed by atoms with Crippen LogP contribution in [0.15, 0.2) is 12.1 Å². The first-order valence-corrected chi connectivity index (χ1v) is 14.7. The predicted octanol–water partition coefficient (Wildman–Crippen LogP) is 3.72. The minimum absolute atomic E-state index is 0.145. The summed E-state index contributed by atoms with van der Waals surface area (Å²) < 4.78 is 28.6. The molecule has 10 heteroatoms. The summed E-state index contributed by atoms with van der Waals surface area (Å²) in [5, 5.41) is 16.7. The molecule has 0 spiro atoms. The first-order valence-electron chi connectivity index (χ1n) is 14.7. The Kier molecular flexibility index (Phi) is 10.6. The van der Waals surface area contributed by atoms with E-state index in [2.05, 4.69) is 34.8 Å². The molecule has 232 valence electrons. The molecule has 2 heterocycles. The summed E-state index contributed by atoms with van der Waals surface area (Å²) in [6.45, 7) is 6.73. The molecule has 0 aliphatic carbocycles. The van der Waals surface area contributed by atoms with E-state index in [0.29, 0.717) is 35.8 Å². The number of unbranched alkanes of at least 4 members (excludes halogenated alkanes) is 2. The summed E-state index contributed by atoms with van der Waals surface area (Å²) >= 11 is 0. The van der Waals surface area contributed by atoms with Crippen LogP contribution in [0.25, 0.3) is 0 Å². The Labute approximate surface area is 249 Å². The fraction of sp³-hybridized carbons (Fsp3) is 0.594. The summed E-state index contributed by atoms with van der Waals surface area (Å²) in [6.07, 6.45) is 4.22. The number of esters is 1. The van der Waals surface area contributed by atoms with Crippen LogP contribution in [0.2, 0.25) is 0 Å². The van der Waals surface area contributed by atoms with Gasteiger partial charge in [0.25, 0.3) is 0 Å². The molecule has 2 aromatic rings. The topological polar surface area (TPSA) is 111 Å². The molecule has 4 atom stereocenters. The van der Waals surface area contributed by atoms with Gasteiger partial charge in [0.2, 0.25) is 0 Å². The predicted molar refractivity (Wildman–Crippen MR) is 161 cm³/mol. The number of hydrogen-bond acceptors (Lipinski definition) is 10. The minimum atomic E-state index is -0.572. The molecule has 0 aromatic heterocycles. The number of methoxy groups -OCH3 is 5. The molecule has 2 aromatic carbocycles. The Balaban J connectivity index is 1.93. The quantitative estimate of drug-likeness (QED) is 0.252. The van der Waals surface area contributed by atoms with Gasteiger partial charge < -0.3 is 28.8 Å². The van der Waals surface area contributed by atoms with Crippen LogP contribution in [-0.4, -0.2) is 76.9 Å². The van der Waals surface area contributed by atoms with Crippen LogP contribution in [-0.2, 0) is 22.4 Å². The van der Waals surface area contributed by atoms with Crippen LogP contribution < -0.4 is 29.7 Å². The van der Waals surface area contributed by atoms with E-state index in [0.717, 1.165) is 59.2 Å². The van der Waals surface area contributed by atoms with Gasteiger partial charge in [-0.3, -0.25) is 15.5 Å². The number of aliphatic hydroxyl groups is 1. The van der Waals surface area contributed by atoms with Gasteiger partial charge in [0, 0.05) is 35.7 Å². The van der Waals surface area contributed by atoms with E-state index in [1.165, 1.54) is 7.11 Å². The van der Waals surface area contributed by atoms with Crippen molar-refractivity contribution in [1.29, 1.82) is 0 Å². The molecule has 2 aliphatic heterocycles. The van der Waals surface area contributed by atoms with Gasteiger partial charge in [-0.05, 0) is 49.4 Å². The molecular weight excluding hydrogens is 538 g/mol. The number of benzene rings is 2. The second kappa shape index (κ2) is 13.9. The van der Waals surface area contributed by atoms with Gasteiger partial charge in [-0.2, -0.15) is 0 Å². The van der Waals surface area contributed by atoms with Crippen molar-refractivity contribution in [2.45, 2.75) is 77.0 Å². The smallest absolute Gasteiger partial charge is 0.323 e. The molecule has 0 bridgehead atoms. The average Bonchev–Trinajstić information content (AvgIpc) is 3.00. The number of fused-ring (bicyclic) bond motifs is 2. The Morgan fingerprint density at radius 1 is 1.00 bits per heavy atom. The lowest BCUT2D eigenvalue weighted by atomic mass is 9.78. The van der Waals surface area contributed by atoms with Crippen molar-refractivity contribution in [1.82, 2.24) is 15.8 Å². The van der Waals surface area contributed by atoms with E-state index in [1.807, 2.05) is 13.8 Å². The lowest BCUT2D eigenvalue weighted by Crippen LogP contribution is -2.60. The van der Waals surface area contributed by atoms with Crippen molar-refractivity contribution < 1.29 is 33.6 Å². The fourth-order valence-electron chi connectivity index (χ4n) is 6.77. The molecule has 0 saturated heterocycles. The summed E-state index contributed by atoms with van der Waals surface area (Å²) in [4.78, 5) is 13.0. The standard InChI is InChI=1S/C32H47N3O7/c1-9-10-11-12-33-35-24(14-20-13-18(2)29(39-5)31(41-7)27(20)25(35)17-36)28-21-16-26(38-4)19(3)30(40-6)22(21)15-23(34-28)32(37)42-8/h13,16,23-25,28,33-34,36H,9-12,14-15,17H2,1-8H3/t23-,24-,25-,28+/m0/s1. The van der Waals surface area contributed by atoms with Crippen LogP contribution in [0, 0.1) is 13.8 Å². The van der Waals surface area contributed by atoms with Gasteiger partial charge in [-0.15, -0.1) is 0 Å². The number of carbonyl (C=O) groups is 1. The Morgan fingerprint density at radius 3 is 2.31 bits per heavy atom. The number of nitrogens with one attached hydrogen (secondary N) is 2. The normalized spacial score (nSPS) is 21.7. The van der Waals surface area contributed by atoms with Gasteiger partial charge >= 0.3 is 5.97 Å². The highest BCUT2D eigenvalue weighted by atomic mass is 16.5. The zero-order valence-electron chi connectivity index (χ0n) is 26.3. The first kappa shape index (κ1) is 31.9. The molecule has 2 aliphatic rings. The number of rotatable bonds is 12. The van der Waals surface area contributed by atoms with Gasteiger partial charge in [-0.1, -0.05) is 25.8 Å². The van der Waals surface area contributed by atoms with Crippen LogP contribution in [0.1, 0.15) is 71.7 Å². The van der Waals surface area contributed by atoms with Crippen LogP contribution in [0.5, 0.6) is 23.0 Å². The van der Waals surface area contributed by atoms with E-state index in [-0.39, 0.29) is 24.7 Å². The molecule has 0 fully saturated rings. The van der Waals surface area contributed by atoms with Crippen molar-refractivity contribution in [3.63, 3.8) is 0 Å². The molecule has 0 unspecified atom stereocenters. The van der Waals surface area contributed by atoms with Gasteiger partial charge in [0.15, 0.2) is 11.5 Å². The highest BCUT2D eigenvalue weighted by Gasteiger charge is 2.45. The zero-order chi connectivity index (χ0) is 30.6. The summed E-state index contributed by atoms with van der Waals surface area (Å²) in [5.74, 6) is 2.39. The molecular formula is C32H47N3O7. The van der Waals surface area contributed by atoms with Crippen LogP contribution >= 0.6 is 0 Å². The monoisotopic (exact) mass is 585 g/mol. The van der Waals surface area contributed by atoms with E-state index < -0.39 is 12.1 Å². The van der Waals surface area contributed by atoms with Crippen LogP contribution in [0.3, 0.4) is 0 Å². The third kappa shape index (κ3) is 5.77. The van der Waals surface area contributed by atoms with Crippen molar-refractivity contribution >= 4 is 5.97 Å². The molecule has 0 radical (unpaired) electrons. The minimum Gasteiger partial charge on any atom is -0.496 e. The Hall–Kier alpha value is -3.05. The number of hydrogen-bond donors (Lipinski definition) is 3. The molecule has 10 nitrogen and oxygen atoms in total. The van der Waals surface area contributed by atoms with E-state index in [1.54, 1.807) is 28.4 Å². The Bertz CT molecular complexity index is 1270. The molecule has 3 N–H and O–H groups in total. The summed E-state index contributed by atoms with van der Waals surface area (Å²) in [5.41, 5.74) is 9.42. The highest BCUT2D eigenvalue weighted by molar-refractivity contribution is 5.77. The second-order valence-electron chi connectivity index (χ2n) is 11.1. The molecule has 0 amide bonds. The van der Waals surface area contributed by atoms with Crippen molar-refractivity contribution in [2.75, 3.05) is 48.7 Å². The van der Waals surface area contributed by atoms with Crippen molar-refractivity contribution in [3.8, 4) is 23.0 Å². The van der Waals surface area contributed by atoms with E-state index in [4.69, 9.17) is 23.7 Å². The number of aryl methyl sites for hydroxylation is 1. The van der Waals surface area contributed by atoms with Gasteiger partial charge in [0.1, 0.15) is 17.5 Å². The summed E-state index contributed by atoms with van der Waals surface area (Å²) in [6, 6.07) is 2.66. The SMILES string of the molecule is CCCCCNN1[C@@H](CO)c2c(cc(C)c(OC)c2OC)C[C@H]1[C@@H]1N[C@H](C(=O)OC)Cc2c1cc(OC)c(C)c2OC. The van der Waals surface area contributed by atoms with Crippen molar-refractivity contribution in [2.24, 2.45) is 0 Å². The van der Waals surface area contributed by atoms with Gasteiger partial charge in [0.05, 0.1) is 54.2 Å². The largest absolute Gasteiger partial charge is 0.496 e. The first-order chi connectivity index (χ1) is 20.3. The fourth-order valence-corrected chi connectivity index (χ4v) is 6.77. The number of carbonyl (C=O) groups excluding carboxylic acids is 1. The summed E-state index contributed by atoms with van der Waals surface area (Å²) in [7, 11) is 7.98. The lowest BCUT2D eigenvalue weighted by molar-refractivity contribution is -0.143. The van der Waals surface area contributed by atoms with Crippen LogP contribution in [0.4, 0.5) is 0 Å². The number of nitrogens with zero attached hydrogens (tertiary/aromatic N) is 1. The third-order valence-corrected chi connectivity index (χ3v) is 8.69. The molecule has 42 heavy (non-hydrogen) atoms. The second-order valence-corrected chi connectivity index (χ2v) is 11.1. The number of ether oxygens (including phenoxy) is 5. The van der Waals surface area contributed by atoms with Gasteiger partial charge in [-0.25, -0.2) is 5.01 Å². The van der Waals surface area contributed by atoms with Crippen molar-refractivity contribution in [3.05, 3.63) is 45.5 Å². The lowest BCUT2D eigenvalue weighted by Gasteiger charge is -2.48. The Morgan fingerprint density at radius 2 is 1.71 bits per heavy atom. The number of hydrazine groups is 1.